The van der Waals surface area contributed by atoms with Crippen molar-refractivity contribution < 1.29 is 9.53 Å². The van der Waals surface area contributed by atoms with Crippen LogP contribution in [0.4, 0.5) is 0 Å². The summed E-state index contributed by atoms with van der Waals surface area (Å²) in [5.41, 5.74) is 2.65. The predicted octanol–water partition coefficient (Wildman–Crippen LogP) is 3.65. The molecule has 3 heteroatoms. The van der Waals surface area contributed by atoms with Gasteiger partial charge in [-0.25, -0.2) is 0 Å². The average molecular weight is 265 g/mol. The van der Waals surface area contributed by atoms with E-state index in [0.29, 0.717) is 23.5 Å². The maximum Gasteiger partial charge on any atom is 0.161 e. The molecule has 0 N–H and O–H groups in total. The quantitative estimate of drug-likeness (QED) is 0.793. The van der Waals surface area contributed by atoms with Gasteiger partial charge in [-0.05, 0) is 37.1 Å². The fourth-order valence-electron chi connectivity index (χ4n) is 2.13. The van der Waals surface area contributed by atoms with Crippen molar-refractivity contribution >= 4 is 5.78 Å². The first kappa shape index (κ1) is 13.8. The van der Waals surface area contributed by atoms with E-state index in [1.54, 1.807) is 12.1 Å². The molecule has 2 rings (SSSR count). The summed E-state index contributed by atoms with van der Waals surface area (Å²) in [5, 5.41) is 9.14. The minimum absolute atomic E-state index is 0.103. The summed E-state index contributed by atoms with van der Waals surface area (Å²) in [5.74, 6) is 0.501. The molecule has 0 fully saturated rings. The highest BCUT2D eigenvalue weighted by Gasteiger charge is 2.12. The molecule has 0 unspecified atom stereocenters. The Morgan fingerprint density at radius 3 is 2.55 bits per heavy atom. The summed E-state index contributed by atoms with van der Waals surface area (Å²) < 4.78 is 5.69. The Morgan fingerprint density at radius 2 is 1.95 bits per heavy atom. The molecule has 0 aliphatic rings. The van der Waals surface area contributed by atoms with Gasteiger partial charge in [0.15, 0.2) is 5.78 Å². The average Bonchev–Trinajstić information content (AvgIpc) is 2.45. The normalized spacial score (nSPS) is 9.85. The lowest BCUT2D eigenvalue weighted by Gasteiger charge is -2.10. The smallest absolute Gasteiger partial charge is 0.161 e. The maximum absolute atomic E-state index is 11.5. The lowest BCUT2D eigenvalue weighted by molar-refractivity contribution is 0.101. The molecule has 0 aliphatic carbocycles. The summed E-state index contributed by atoms with van der Waals surface area (Å²) in [7, 11) is 0. The van der Waals surface area contributed by atoms with Crippen LogP contribution in [0.3, 0.4) is 0 Å². The van der Waals surface area contributed by atoms with Gasteiger partial charge in [0.1, 0.15) is 18.4 Å². The molecular formula is C17H15NO2. The van der Waals surface area contributed by atoms with Gasteiger partial charge in [0.2, 0.25) is 0 Å². The number of carbonyl (C=O) groups excluding carboxylic acids is 1. The second-order valence-corrected chi connectivity index (χ2v) is 4.60. The molecule has 0 saturated carbocycles. The van der Waals surface area contributed by atoms with Crippen LogP contribution in [0.25, 0.3) is 0 Å². The van der Waals surface area contributed by atoms with E-state index in [1.165, 1.54) is 6.92 Å². The highest BCUT2D eigenvalue weighted by Crippen LogP contribution is 2.23. The van der Waals surface area contributed by atoms with E-state index >= 15 is 0 Å². The van der Waals surface area contributed by atoms with Gasteiger partial charge in [0, 0.05) is 5.56 Å². The number of rotatable bonds is 4. The van der Waals surface area contributed by atoms with Gasteiger partial charge in [-0.2, -0.15) is 5.26 Å². The first-order valence-electron chi connectivity index (χ1n) is 6.34. The Bertz CT molecular complexity index is 669. The monoisotopic (exact) mass is 265 g/mol. The Balaban J connectivity index is 2.24. The molecule has 0 saturated heterocycles. The van der Waals surface area contributed by atoms with Crippen LogP contribution >= 0.6 is 0 Å². The zero-order valence-corrected chi connectivity index (χ0v) is 11.5. The van der Waals surface area contributed by atoms with Crippen LogP contribution in [-0.2, 0) is 6.61 Å². The molecule has 0 radical (unpaired) electrons. The molecule has 0 amide bonds. The molecule has 100 valence electrons. The number of carbonyl (C=O) groups is 1. The van der Waals surface area contributed by atoms with Gasteiger partial charge in [-0.1, -0.05) is 30.3 Å². The van der Waals surface area contributed by atoms with E-state index in [0.717, 1.165) is 11.1 Å². The standard InChI is InChI=1S/C17H15NO2/c1-12-8-16(9-15(10-18)17(12)13(2)19)20-11-14-6-4-3-5-7-14/h3-9H,11H2,1-2H3. The summed E-state index contributed by atoms with van der Waals surface area (Å²) in [6, 6.07) is 15.3. The second-order valence-electron chi connectivity index (χ2n) is 4.60. The molecule has 0 aliphatic heterocycles. The van der Waals surface area contributed by atoms with Crippen LogP contribution in [0, 0.1) is 18.3 Å². The molecule has 3 nitrogen and oxygen atoms in total. The SMILES string of the molecule is CC(=O)c1c(C)cc(OCc2ccccc2)cc1C#N. The molecule has 0 spiro atoms. The number of hydrogen-bond acceptors (Lipinski definition) is 3. The van der Waals surface area contributed by atoms with Crippen molar-refractivity contribution in [2.75, 3.05) is 0 Å². The topological polar surface area (TPSA) is 50.1 Å². The number of Topliss-reactive ketones (excluding diaryl/α,β-unsaturated/α-hetero) is 1. The second kappa shape index (κ2) is 6.03. The van der Waals surface area contributed by atoms with E-state index in [4.69, 9.17) is 10.00 Å². The molecule has 0 atom stereocenters. The zero-order chi connectivity index (χ0) is 14.5. The van der Waals surface area contributed by atoms with Crippen molar-refractivity contribution in [3.05, 3.63) is 64.7 Å². The van der Waals surface area contributed by atoms with E-state index in [9.17, 15) is 4.79 Å². The third kappa shape index (κ3) is 3.04. The lowest BCUT2D eigenvalue weighted by Crippen LogP contribution is -2.03. The number of ketones is 1. The lowest BCUT2D eigenvalue weighted by atomic mass is 9.99. The highest BCUT2D eigenvalue weighted by molar-refractivity contribution is 5.98. The van der Waals surface area contributed by atoms with Crippen LogP contribution in [0.1, 0.15) is 34.0 Å². The van der Waals surface area contributed by atoms with Gasteiger partial charge < -0.3 is 4.74 Å². The Kier molecular flexibility index (Phi) is 4.17. The molecule has 0 heterocycles. The summed E-state index contributed by atoms with van der Waals surface area (Å²) in [6.45, 7) is 3.71. The van der Waals surface area contributed by atoms with Gasteiger partial charge in [-0.15, -0.1) is 0 Å². The van der Waals surface area contributed by atoms with Crippen LogP contribution in [0.15, 0.2) is 42.5 Å². The number of benzene rings is 2. The van der Waals surface area contributed by atoms with Crippen LogP contribution in [0.2, 0.25) is 0 Å². The Labute approximate surface area is 118 Å². The van der Waals surface area contributed by atoms with Crippen molar-refractivity contribution in [2.45, 2.75) is 20.5 Å². The van der Waals surface area contributed by atoms with Crippen molar-refractivity contribution in [3.8, 4) is 11.8 Å². The minimum Gasteiger partial charge on any atom is -0.489 e. The molecule has 0 bridgehead atoms. The predicted molar refractivity (Wildman–Crippen MR) is 76.7 cm³/mol. The molecule has 0 aromatic heterocycles. The Morgan fingerprint density at radius 1 is 1.25 bits per heavy atom. The van der Waals surface area contributed by atoms with Gasteiger partial charge >= 0.3 is 0 Å². The first-order chi connectivity index (χ1) is 9.61. The number of nitrogens with zero attached hydrogens (tertiary/aromatic N) is 1. The molecule has 20 heavy (non-hydrogen) atoms. The molecule has 2 aromatic carbocycles. The van der Waals surface area contributed by atoms with E-state index in [2.05, 4.69) is 6.07 Å². The minimum atomic E-state index is -0.103. The number of hydrogen-bond donors (Lipinski definition) is 0. The van der Waals surface area contributed by atoms with Crippen LogP contribution < -0.4 is 4.74 Å². The Hall–Kier alpha value is -2.60. The van der Waals surface area contributed by atoms with Crippen LogP contribution in [-0.4, -0.2) is 5.78 Å². The van der Waals surface area contributed by atoms with Gasteiger partial charge in [-0.3, -0.25) is 4.79 Å². The zero-order valence-electron chi connectivity index (χ0n) is 11.5. The molecule has 2 aromatic rings. The summed E-state index contributed by atoms with van der Waals surface area (Å²) in [6.07, 6.45) is 0. The number of nitriles is 1. The first-order valence-corrected chi connectivity index (χ1v) is 6.34. The van der Waals surface area contributed by atoms with Gasteiger partial charge in [0.25, 0.3) is 0 Å². The number of ether oxygens (including phenoxy) is 1. The van der Waals surface area contributed by atoms with Crippen molar-refractivity contribution in [1.82, 2.24) is 0 Å². The third-order valence-corrected chi connectivity index (χ3v) is 3.03. The van der Waals surface area contributed by atoms with Crippen molar-refractivity contribution in [1.29, 1.82) is 5.26 Å². The van der Waals surface area contributed by atoms with E-state index in [-0.39, 0.29) is 5.78 Å². The summed E-state index contributed by atoms with van der Waals surface area (Å²) >= 11 is 0. The fourth-order valence-corrected chi connectivity index (χ4v) is 2.13. The van der Waals surface area contributed by atoms with E-state index in [1.807, 2.05) is 37.3 Å². The fraction of sp³-hybridized carbons (Fsp3) is 0.176. The highest BCUT2D eigenvalue weighted by atomic mass is 16.5. The largest absolute Gasteiger partial charge is 0.489 e. The summed E-state index contributed by atoms with van der Waals surface area (Å²) in [4.78, 5) is 11.5. The van der Waals surface area contributed by atoms with E-state index < -0.39 is 0 Å². The number of aryl methyl sites for hydroxylation is 1. The third-order valence-electron chi connectivity index (χ3n) is 3.03. The van der Waals surface area contributed by atoms with Gasteiger partial charge in [0.05, 0.1) is 5.56 Å². The van der Waals surface area contributed by atoms with Crippen molar-refractivity contribution in [3.63, 3.8) is 0 Å². The molecular weight excluding hydrogens is 250 g/mol. The maximum atomic E-state index is 11.5. The van der Waals surface area contributed by atoms with Crippen LogP contribution in [0.5, 0.6) is 5.75 Å². The van der Waals surface area contributed by atoms with Crippen molar-refractivity contribution in [2.24, 2.45) is 0 Å².